The number of aryl methyl sites for hydroxylation is 1. The van der Waals surface area contributed by atoms with E-state index in [1.54, 1.807) is 17.9 Å². The lowest BCUT2D eigenvalue weighted by molar-refractivity contribution is 0.0754. The van der Waals surface area contributed by atoms with Gasteiger partial charge in [0.2, 0.25) is 0 Å². The standard InChI is InChI=1S/C13H18FNO2/c1-3-15(7-4-8-16)13(17)11-5-6-12(14)10(2)9-11/h5-6,9,16H,3-4,7-8H2,1-2H3. The highest BCUT2D eigenvalue weighted by atomic mass is 19.1. The summed E-state index contributed by atoms with van der Waals surface area (Å²) >= 11 is 0. The summed E-state index contributed by atoms with van der Waals surface area (Å²) in [4.78, 5) is 13.7. The highest BCUT2D eigenvalue weighted by Crippen LogP contribution is 2.11. The second kappa shape index (κ2) is 6.35. The van der Waals surface area contributed by atoms with Crippen LogP contribution < -0.4 is 0 Å². The van der Waals surface area contributed by atoms with E-state index in [9.17, 15) is 9.18 Å². The van der Waals surface area contributed by atoms with E-state index >= 15 is 0 Å². The number of hydrogen-bond acceptors (Lipinski definition) is 2. The first-order valence-corrected chi connectivity index (χ1v) is 5.76. The molecule has 1 N–H and O–H groups in total. The molecule has 0 saturated carbocycles. The average Bonchev–Trinajstić information content (AvgIpc) is 2.33. The molecule has 3 nitrogen and oxygen atoms in total. The van der Waals surface area contributed by atoms with E-state index in [4.69, 9.17) is 5.11 Å². The van der Waals surface area contributed by atoms with Crippen molar-refractivity contribution >= 4 is 5.91 Å². The summed E-state index contributed by atoms with van der Waals surface area (Å²) < 4.78 is 13.1. The van der Waals surface area contributed by atoms with Crippen LogP contribution in [0.25, 0.3) is 0 Å². The molecule has 0 saturated heterocycles. The van der Waals surface area contributed by atoms with Crippen LogP contribution in [-0.2, 0) is 0 Å². The zero-order chi connectivity index (χ0) is 12.8. The molecule has 0 spiro atoms. The minimum absolute atomic E-state index is 0.0617. The molecule has 0 fully saturated rings. The topological polar surface area (TPSA) is 40.5 Å². The van der Waals surface area contributed by atoms with Crippen molar-refractivity contribution in [2.24, 2.45) is 0 Å². The molecule has 1 amide bonds. The van der Waals surface area contributed by atoms with Gasteiger partial charge in [0.05, 0.1) is 0 Å². The van der Waals surface area contributed by atoms with Gasteiger partial charge in [-0.2, -0.15) is 0 Å². The molecule has 1 aromatic rings. The highest BCUT2D eigenvalue weighted by molar-refractivity contribution is 5.94. The van der Waals surface area contributed by atoms with Gasteiger partial charge in [-0.25, -0.2) is 4.39 Å². The number of hydrogen-bond donors (Lipinski definition) is 1. The van der Waals surface area contributed by atoms with Crippen molar-refractivity contribution in [3.05, 3.63) is 35.1 Å². The lowest BCUT2D eigenvalue weighted by Crippen LogP contribution is -2.32. The summed E-state index contributed by atoms with van der Waals surface area (Å²) in [7, 11) is 0. The summed E-state index contributed by atoms with van der Waals surface area (Å²) in [6, 6.07) is 4.36. The zero-order valence-electron chi connectivity index (χ0n) is 10.2. The molecule has 0 unspecified atom stereocenters. The second-order valence-electron chi connectivity index (χ2n) is 3.93. The average molecular weight is 239 g/mol. The van der Waals surface area contributed by atoms with E-state index in [-0.39, 0.29) is 18.3 Å². The summed E-state index contributed by atoms with van der Waals surface area (Å²) in [5, 5.41) is 8.76. The van der Waals surface area contributed by atoms with Crippen LogP contribution in [0.15, 0.2) is 18.2 Å². The Labute approximate surface area is 101 Å². The minimum atomic E-state index is -0.306. The molecule has 0 heterocycles. The molecule has 0 atom stereocenters. The number of carbonyl (C=O) groups excluding carboxylic acids is 1. The van der Waals surface area contributed by atoms with Gasteiger partial charge in [-0.05, 0) is 44.0 Å². The van der Waals surface area contributed by atoms with Gasteiger partial charge in [-0.1, -0.05) is 0 Å². The van der Waals surface area contributed by atoms with Gasteiger partial charge >= 0.3 is 0 Å². The first-order valence-electron chi connectivity index (χ1n) is 5.76. The number of rotatable bonds is 5. The number of halogens is 1. The number of benzene rings is 1. The molecule has 0 bridgehead atoms. The van der Waals surface area contributed by atoms with Crippen molar-refractivity contribution < 1.29 is 14.3 Å². The molecular formula is C13H18FNO2. The molecule has 1 rings (SSSR count). The van der Waals surface area contributed by atoms with Gasteiger partial charge in [-0.15, -0.1) is 0 Å². The predicted molar refractivity (Wildman–Crippen MR) is 64.4 cm³/mol. The summed E-state index contributed by atoms with van der Waals surface area (Å²) in [5.74, 6) is -0.427. The SMILES string of the molecule is CCN(CCCO)C(=O)c1ccc(F)c(C)c1. The fraction of sp³-hybridized carbons (Fsp3) is 0.462. The number of aliphatic hydroxyl groups excluding tert-OH is 1. The molecule has 0 radical (unpaired) electrons. The van der Waals surface area contributed by atoms with E-state index in [1.165, 1.54) is 12.1 Å². The van der Waals surface area contributed by atoms with Crippen molar-refractivity contribution in [3.8, 4) is 0 Å². The Balaban J connectivity index is 2.82. The summed E-state index contributed by atoms with van der Waals surface area (Å²) in [6.45, 7) is 4.67. The highest BCUT2D eigenvalue weighted by Gasteiger charge is 2.14. The minimum Gasteiger partial charge on any atom is -0.396 e. The Morgan fingerprint density at radius 2 is 2.18 bits per heavy atom. The van der Waals surface area contributed by atoms with Crippen molar-refractivity contribution in [3.63, 3.8) is 0 Å². The summed E-state index contributed by atoms with van der Waals surface area (Å²) in [6.07, 6.45) is 0.555. The first kappa shape index (κ1) is 13.6. The molecule has 94 valence electrons. The lowest BCUT2D eigenvalue weighted by atomic mass is 10.1. The van der Waals surface area contributed by atoms with Crippen molar-refractivity contribution in [1.29, 1.82) is 0 Å². The van der Waals surface area contributed by atoms with Crippen molar-refractivity contribution in [2.45, 2.75) is 20.3 Å². The Kier molecular flexibility index (Phi) is 5.10. The fourth-order valence-corrected chi connectivity index (χ4v) is 1.63. The number of carbonyl (C=O) groups is 1. The maximum Gasteiger partial charge on any atom is 0.253 e. The summed E-state index contributed by atoms with van der Waals surface area (Å²) in [5.41, 5.74) is 0.956. The maximum absolute atomic E-state index is 13.1. The molecular weight excluding hydrogens is 221 g/mol. The van der Waals surface area contributed by atoms with E-state index in [2.05, 4.69) is 0 Å². The largest absolute Gasteiger partial charge is 0.396 e. The van der Waals surface area contributed by atoms with E-state index in [0.717, 1.165) is 0 Å². The zero-order valence-corrected chi connectivity index (χ0v) is 10.2. The predicted octanol–water partition coefficient (Wildman–Crippen LogP) is 1.98. The molecule has 1 aromatic carbocycles. The third kappa shape index (κ3) is 3.53. The van der Waals surface area contributed by atoms with Crippen LogP contribution in [0.3, 0.4) is 0 Å². The van der Waals surface area contributed by atoms with Crippen molar-refractivity contribution in [1.82, 2.24) is 4.90 Å². The molecule has 17 heavy (non-hydrogen) atoms. The normalized spacial score (nSPS) is 10.4. The second-order valence-corrected chi connectivity index (χ2v) is 3.93. The van der Waals surface area contributed by atoms with Crippen LogP contribution in [0.5, 0.6) is 0 Å². The Hall–Kier alpha value is -1.42. The van der Waals surface area contributed by atoms with Crippen LogP contribution >= 0.6 is 0 Å². The number of aliphatic hydroxyl groups is 1. The monoisotopic (exact) mass is 239 g/mol. The number of nitrogens with zero attached hydrogens (tertiary/aromatic N) is 1. The van der Waals surface area contributed by atoms with E-state index in [0.29, 0.717) is 30.6 Å². The molecule has 0 aliphatic rings. The first-order chi connectivity index (χ1) is 8.10. The van der Waals surface area contributed by atoms with Crippen LogP contribution in [0, 0.1) is 12.7 Å². The Morgan fingerprint density at radius 1 is 1.47 bits per heavy atom. The van der Waals surface area contributed by atoms with E-state index in [1.807, 2.05) is 6.92 Å². The molecule has 4 heteroatoms. The smallest absolute Gasteiger partial charge is 0.253 e. The molecule has 0 aromatic heterocycles. The van der Waals surface area contributed by atoms with Gasteiger partial charge in [0.1, 0.15) is 5.82 Å². The maximum atomic E-state index is 13.1. The van der Waals surface area contributed by atoms with Crippen molar-refractivity contribution in [2.75, 3.05) is 19.7 Å². The Morgan fingerprint density at radius 3 is 2.71 bits per heavy atom. The number of amides is 1. The third-order valence-electron chi connectivity index (χ3n) is 2.66. The Bertz CT molecular complexity index is 393. The van der Waals surface area contributed by atoms with Gasteiger partial charge in [0.15, 0.2) is 0 Å². The lowest BCUT2D eigenvalue weighted by Gasteiger charge is -2.20. The van der Waals surface area contributed by atoms with Crippen LogP contribution in [-0.4, -0.2) is 35.6 Å². The van der Waals surface area contributed by atoms with Gasteiger partial charge < -0.3 is 10.0 Å². The van der Waals surface area contributed by atoms with Crippen LogP contribution in [0.1, 0.15) is 29.3 Å². The van der Waals surface area contributed by atoms with Crippen LogP contribution in [0.4, 0.5) is 4.39 Å². The van der Waals surface area contributed by atoms with Crippen LogP contribution in [0.2, 0.25) is 0 Å². The van der Waals surface area contributed by atoms with Gasteiger partial charge in [0.25, 0.3) is 5.91 Å². The fourth-order valence-electron chi connectivity index (χ4n) is 1.63. The van der Waals surface area contributed by atoms with E-state index < -0.39 is 0 Å². The third-order valence-corrected chi connectivity index (χ3v) is 2.66. The quantitative estimate of drug-likeness (QED) is 0.853. The van der Waals surface area contributed by atoms with Gasteiger partial charge in [-0.3, -0.25) is 4.79 Å². The van der Waals surface area contributed by atoms with Gasteiger partial charge in [0, 0.05) is 25.3 Å². The molecule has 0 aliphatic carbocycles. The molecule has 0 aliphatic heterocycles.